The highest BCUT2D eigenvalue weighted by atomic mass is 32.2. The number of hydrogen-bond acceptors (Lipinski definition) is 5. The number of rotatable bonds is 8. The van der Waals surface area contributed by atoms with Gasteiger partial charge in [0.25, 0.3) is 0 Å². The van der Waals surface area contributed by atoms with Crippen LogP contribution in [0.3, 0.4) is 0 Å². The lowest BCUT2D eigenvalue weighted by molar-refractivity contribution is 0.925. The van der Waals surface area contributed by atoms with Gasteiger partial charge in [-0.3, -0.25) is 4.98 Å². The molecule has 5 nitrogen and oxygen atoms in total. The molecule has 3 aromatic heterocycles. The maximum Gasteiger partial charge on any atom is 0.161 e. The molecule has 0 amide bonds. The predicted molar refractivity (Wildman–Crippen MR) is 137 cm³/mol. The quantitative estimate of drug-likeness (QED) is 0.319. The standard InChI is InChI=1S/C24H23N5S.C2H6/c1-30-14-7-3-6-12-21-18-27-29-23(26-17-19-9-8-13-25-16-19)15-22(28-24(21)29)20-10-4-2-5-11-20;1-2/h2-11,13-16,18,26H,12,17H2,1H3;1-2H3/b6-3+,14-7-;. The summed E-state index contributed by atoms with van der Waals surface area (Å²) in [5, 5.41) is 10.2. The Morgan fingerprint density at radius 2 is 1.88 bits per heavy atom. The Balaban J connectivity index is 0.00000141. The maximum atomic E-state index is 4.93. The number of hydrogen-bond donors (Lipinski definition) is 1. The molecule has 0 radical (unpaired) electrons. The van der Waals surface area contributed by atoms with E-state index in [-0.39, 0.29) is 0 Å². The van der Waals surface area contributed by atoms with Crippen molar-refractivity contribution < 1.29 is 0 Å². The number of allylic oxidation sites excluding steroid dienone is 3. The van der Waals surface area contributed by atoms with Crippen LogP contribution in [0.2, 0.25) is 0 Å². The first-order chi connectivity index (χ1) is 15.8. The van der Waals surface area contributed by atoms with Gasteiger partial charge >= 0.3 is 0 Å². The first-order valence-corrected chi connectivity index (χ1v) is 12.0. The summed E-state index contributed by atoms with van der Waals surface area (Å²) >= 11 is 1.68. The van der Waals surface area contributed by atoms with Gasteiger partial charge in [0, 0.05) is 36.1 Å². The molecule has 0 spiro atoms. The Bertz CT molecular complexity index is 1150. The summed E-state index contributed by atoms with van der Waals surface area (Å²) in [5.74, 6) is 0.903. The average molecular weight is 444 g/mol. The van der Waals surface area contributed by atoms with E-state index in [1.54, 1.807) is 18.0 Å². The molecule has 0 saturated heterocycles. The molecule has 3 heterocycles. The van der Waals surface area contributed by atoms with Crippen LogP contribution in [0.1, 0.15) is 25.0 Å². The van der Waals surface area contributed by atoms with Gasteiger partial charge in [-0.25, -0.2) is 4.98 Å². The van der Waals surface area contributed by atoms with Crippen molar-refractivity contribution in [3.8, 4) is 11.3 Å². The highest BCUT2D eigenvalue weighted by Crippen LogP contribution is 2.24. The van der Waals surface area contributed by atoms with Crippen molar-refractivity contribution in [3.05, 3.63) is 102 Å². The van der Waals surface area contributed by atoms with Gasteiger partial charge in [0.2, 0.25) is 0 Å². The highest BCUT2D eigenvalue weighted by Gasteiger charge is 2.12. The molecule has 0 atom stereocenters. The molecule has 4 rings (SSSR count). The number of thioether (sulfide) groups is 1. The van der Waals surface area contributed by atoms with E-state index in [1.807, 2.05) is 73.4 Å². The van der Waals surface area contributed by atoms with E-state index in [9.17, 15) is 0 Å². The van der Waals surface area contributed by atoms with E-state index >= 15 is 0 Å². The van der Waals surface area contributed by atoms with Gasteiger partial charge in [0.05, 0.1) is 11.9 Å². The second-order valence-electron chi connectivity index (χ2n) is 6.71. The number of benzene rings is 1. The molecule has 0 aliphatic rings. The van der Waals surface area contributed by atoms with Gasteiger partial charge in [-0.2, -0.15) is 9.61 Å². The topological polar surface area (TPSA) is 55.1 Å². The third-order valence-electron chi connectivity index (χ3n) is 4.61. The Labute approximate surface area is 194 Å². The minimum atomic E-state index is 0.662. The summed E-state index contributed by atoms with van der Waals surface area (Å²) in [7, 11) is 0. The highest BCUT2D eigenvalue weighted by molar-refractivity contribution is 8.01. The molecule has 6 heteroatoms. The molecule has 0 fully saturated rings. The van der Waals surface area contributed by atoms with Crippen molar-refractivity contribution in [2.24, 2.45) is 0 Å². The lowest BCUT2D eigenvalue weighted by atomic mass is 10.1. The third-order valence-corrected chi connectivity index (χ3v) is 5.04. The molecule has 0 aliphatic heterocycles. The van der Waals surface area contributed by atoms with Crippen LogP contribution >= 0.6 is 11.8 Å². The van der Waals surface area contributed by atoms with Gasteiger partial charge in [-0.15, -0.1) is 11.8 Å². The van der Waals surface area contributed by atoms with Crippen LogP contribution < -0.4 is 5.32 Å². The summed E-state index contributed by atoms with van der Waals surface area (Å²) in [6, 6.07) is 16.3. The van der Waals surface area contributed by atoms with E-state index in [4.69, 9.17) is 4.98 Å². The summed E-state index contributed by atoms with van der Waals surface area (Å²) in [4.78, 5) is 9.12. The van der Waals surface area contributed by atoms with Gasteiger partial charge in [0.15, 0.2) is 5.65 Å². The zero-order chi connectivity index (χ0) is 22.6. The van der Waals surface area contributed by atoms with E-state index < -0.39 is 0 Å². The number of pyridine rings is 1. The van der Waals surface area contributed by atoms with Crippen molar-refractivity contribution in [1.82, 2.24) is 19.6 Å². The van der Waals surface area contributed by atoms with Crippen LogP contribution in [0.15, 0.2) is 90.8 Å². The molecule has 0 unspecified atom stereocenters. The van der Waals surface area contributed by atoms with E-state index in [1.165, 1.54) is 0 Å². The van der Waals surface area contributed by atoms with E-state index in [2.05, 4.69) is 51.2 Å². The molecule has 32 heavy (non-hydrogen) atoms. The van der Waals surface area contributed by atoms with Gasteiger partial charge in [0.1, 0.15) is 5.82 Å². The maximum absolute atomic E-state index is 4.93. The third kappa shape index (κ3) is 6.08. The van der Waals surface area contributed by atoms with Crippen LogP contribution in [0.25, 0.3) is 16.9 Å². The van der Waals surface area contributed by atoms with Crippen molar-refractivity contribution in [2.75, 3.05) is 11.6 Å². The fourth-order valence-corrected chi connectivity index (χ4v) is 3.38. The fraction of sp³-hybridized carbons (Fsp3) is 0.192. The van der Waals surface area contributed by atoms with Gasteiger partial charge < -0.3 is 5.32 Å². The zero-order valence-corrected chi connectivity index (χ0v) is 19.6. The second-order valence-corrected chi connectivity index (χ2v) is 7.45. The monoisotopic (exact) mass is 443 g/mol. The van der Waals surface area contributed by atoms with Crippen molar-refractivity contribution in [3.63, 3.8) is 0 Å². The van der Waals surface area contributed by atoms with Crippen molar-refractivity contribution in [1.29, 1.82) is 0 Å². The average Bonchev–Trinajstić information content (AvgIpc) is 3.28. The fourth-order valence-electron chi connectivity index (χ4n) is 3.13. The molecule has 1 N–H and O–H groups in total. The number of aromatic nitrogens is 4. The minimum absolute atomic E-state index is 0.662. The zero-order valence-electron chi connectivity index (χ0n) is 18.8. The summed E-state index contributed by atoms with van der Waals surface area (Å²) in [6.45, 7) is 4.66. The second kappa shape index (κ2) is 12.5. The normalized spacial score (nSPS) is 11.1. The first-order valence-electron chi connectivity index (χ1n) is 10.8. The molecular weight excluding hydrogens is 414 g/mol. The van der Waals surface area contributed by atoms with E-state index in [0.717, 1.165) is 40.3 Å². The molecule has 0 bridgehead atoms. The SMILES string of the molecule is CC.CS/C=C\C=C\Cc1cnn2c(NCc3cccnc3)cc(-c3ccccc3)nc12. The number of fused-ring (bicyclic) bond motifs is 1. The Kier molecular flexibility index (Phi) is 9.07. The smallest absolute Gasteiger partial charge is 0.161 e. The molecule has 164 valence electrons. The molecule has 1 aromatic carbocycles. The van der Waals surface area contributed by atoms with Crippen LogP contribution in [0, 0.1) is 0 Å². The Morgan fingerprint density at radius 3 is 2.62 bits per heavy atom. The number of nitrogens with one attached hydrogen (secondary N) is 1. The van der Waals surface area contributed by atoms with Crippen LogP contribution in [0.4, 0.5) is 5.82 Å². The van der Waals surface area contributed by atoms with Crippen LogP contribution in [-0.4, -0.2) is 25.8 Å². The van der Waals surface area contributed by atoms with Crippen LogP contribution in [0.5, 0.6) is 0 Å². The van der Waals surface area contributed by atoms with E-state index in [0.29, 0.717) is 6.54 Å². The number of anilines is 1. The minimum Gasteiger partial charge on any atom is -0.366 e. The number of nitrogens with zero attached hydrogens (tertiary/aromatic N) is 4. The Hall–Kier alpha value is -3.38. The molecule has 0 saturated carbocycles. The van der Waals surface area contributed by atoms with Crippen LogP contribution in [-0.2, 0) is 13.0 Å². The van der Waals surface area contributed by atoms with Gasteiger partial charge in [-0.05, 0) is 29.7 Å². The summed E-state index contributed by atoms with van der Waals surface area (Å²) in [6.07, 6.45) is 14.6. The molecular formula is C26H29N5S. The van der Waals surface area contributed by atoms with Crippen molar-refractivity contribution >= 4 is 23.2 Å². The predicted octanol–water partition coefficient (Wildman–Crippen LogP) is 6.41. The Morgan fingerprint density at radius 1 is 1.03 bits per heavy atom. The lowest BCUT2D eigenvalue weighted by Gasteiger charge is -2.11. The molecule has 4 aromatic rings. The molecule has 0 aliphatic carbocycles. The summed E-state index contributed by atoms with van der Waals surface area (Å²) in [5.41, 5.74) is 5.06. The largest absolute Gasteiger partial charge is 0.366 e. The van der Waals surface area contributed by atoms with Crippen molar-refractivity contribution in [2.45, 2.75) is 26.8 Å². The first kappa shape index (κ1) is 23.3. The lowest BCUT2D eigenvalue weighted by Crippen LogP contribution is -2.07. The van der Waals surface area contributed by atoms with Gasteiger partial charge in [-0.1, -0.05) is 68.5 Å². The summed E-state index contributed by atoms with van der Waals surface area (Å²) < 4.78 is 1.88.